The summed E-state index contributed by atoms with van der Waals surface area (Å²) in [6.45, 7) is 1.85. The molecule has 3 heteroatoms. The van der Waals surface area contributed by atoms with Gasteiger partial charge in [0.25, 0.3) is 0 Å². The lowest BCUT2D eigenvalue weighted by molar-refractivity contribution is 0.0696. The molecule has 0 saturated carbocycles. The smallest absolute Gasteiger partial charge is 0.335 e. The first-order valence-electron chi connectivity index (χ1n) is 6.34. The van der Waals surface area contributed by atoms with E-state index in [0.717, 1.165) is 27.5 Å². The van der Waals surface area contributed by atoms with E-state index in [2.05, 4.69) is 4.98 Å². The Bertz CT molecular complexity index is 804. The molecule has 20 heavy (non-hydrogen) atoms. The van der Waals surface area contributed by atoms with Crippen LogP contribution in [0.2, 0.25) is 0 Å². The average Bonchev–Trinajstić information content (AvgIpc) is 2.47. The van der Waals surface area contributed by atoms with Gasteiger partial charge in [-0.15, -0.1) is 0 Å². The number of pyridine rings is 1. The number of carbonyl (C=O) groups is 1. The number of nitrogens with zero attached hydrogens (tertiary/aromatic N) is 1. The fourth-order valence-corrected chi connectivity index (χ4v) is 2.52. The van der Waals surface area contributed by atoms with Gasteiger partial charge in [0.05, 0.1) is 5.56 Å². The number of fused-ring (bicyclic) bond motifs is 1. The predicted octanol–water partition coefficient (Wildman–Crippen LogP) is 3.91. The third-order valence-electron chi connectivity index (χ3n) is 3.54. The number of carboxylic acids is 1. The summed E-state index contributed by atoms with van der Waals surface area (Å²) in [6.07, 6.45) is 3.57. The van der Waals surface area contributed by atoms with Gasteiger partial charge < -0.3 is 5.11 Å². The lowest BCUT2D eigenvalue weighted by atomic mass is 9.93. The summed E-state index contributed by atoms with van der Waals surface area (Å²) in [7, 11) is 0. The number of carboxylic acid groups (broad SMARTS) is 1. The molecule has 0 unspecified atom stereocenters. The third kappa shape index (κ3) is 1.93. The molecule has 1 heterocycles. The number of benzene rings is 2. The second-order valence-electron chi connectivity index (χ2n) is 4.69. The van der Waals surface area contributed by atoms with Crippen LogP contribution in [0.1, 0.15) is 15.9 Å². The number of aromatic carboxylic acids is 1. The predicted molar refractivity (Wildman–Crippen MR) is 78.9 cm³/mol. The van der Waals surface area contributed by atoms with E-state index in [9.17, 15) is 9.90 Å². The molecule has 0 amide bonds. The van der Waals surface area contributed by atoms with Crippen molar-refractivity contribution in [2.24, 2.45) is 0 Å². The van der Waals surface area contributed by atoms with Crippen molar-refractivity contribution in [3.8, 4) is 11.1 Å². The van der Waals surface area contributed by atoms with E-state index in [-0.39, 0.29) is 0 Å². The molecule has 2 aromatic carbocycles. The minimum absolute atomic E-state index is 0.341. The van der Waals surface area contributed by atoms with Crippen LogP contribution in [0, 0.1) is 6.92 Å². The Kier molecular flexibility index (Phi) is 2.95. The summed E-state index contributed by atoms with van der Waals surface area (Å²) >= 11 is 0. The second kappa shape index (κ2) is 4.78. The average molecular weight is 263 g/mol. The second-order valence-corrected chi connectivity index (χ2v) is 4.69. The van der Waals surface area contributed by atoms with Crippen LogP contribution in [0.3, 0.4) is 0 Å². The highest BCUT2D eigenvalue weighted by atomic mass is 16.4. The van der Waals surface area contributed by atoms with Gasteiger partial charge in [-0.1, -0.05) is 30.3 Å². The summed E-state index contributed by atoms with van der Waals surface area (Å²) in [5.41, 5.74) is 3.10. The lowest BCUT2D eigenvalue weighted by Gasteiger charge is -2.11. The number of hydrogen-bond donors (Lipinski definition) is 1. The van der Waals surface area contributed by atoms with E-state index in [0.29, 0.717) is 5.56 Å². The monoisotopic (exact) mass is 263 g/mol. The molecule has 1 aromatic heterocycles. The zero-order valence-electron chi connectivity index (χ0n) is 11.0. The highest BCUT2D eigenvalue weighted by Gasteiger charge is 2.12. The highest BCUT2D eigenvalue weighted by molar-refractivity contribution is 5.99. The normalized spacial score (nSPS) is 10.7. The van der Waals surface area contributed by atoms with Crippen molar-refractivity contribution in [3.05, 3.63) is 66.0 Å². The molecule has 0 aliphatic rings. The first kappa shape index (κ1) is 12.4. The van der Waals surface area contributed by atoms with Gasteiger partial charge in [0.1, 0.15) is 0 Å². The zero-order chi connectivity index (χ0) is 14.1. The van der Waals surface area contributed by atoms with Crippen LogP contribution in [-0.2, 0) is 0 Å². The molecule has 0 saturated heterocycles. The van der Waals surface area contributed by atoms with E-state index in [4.69, 9.17) is 0 Å². The largest absolute Gasteiger partial charge is 0.478 e. The molecule has 0 aliphatic carbocycles. The summed E-state index contributed by atoms with van der Waals surface area (Å²) < 4.78 is 0. The van der Waals surface area contributed by atoms with Crippen molar-refractivity contribution in [2.45, 2.75) is 6.92 Å². The van der Waals surface area contributed by atoms with Crippen LogP contribution < -0.4 is 0 Å². The summed E-state index contributed by atoms with van der Waals surface area (Å²) in [4.78, 5) is 15.4. The molecule has 0 atom stereocenters. The minimum atomic E-state index is -0.897. The SMILES string of the molecule is Cc1c(C(=O)O)cccc1-c1cccc2cnccc12. The van der Waals surface area contributed by atoms with Crippen molar-refractivity contribution in [3.63, 3.8) is 0 Å². The maximum Gasteiger partial charge on any atom is 0.335 e. The van der Waals surface area contributed by atoms with Crippen LogP contribution >= 0.6 is 0 Å². The van der Waals surface area contributed by atoms with Gasteiger partial charge in [0.15, 0.2) is 0 Å². The van der Waals surface area contributed by atoms with E-state index in [1.54, 1.807) is 18.3 Å². The lowest BCUT2D eigenvalue weighted by Crippen LogP contribution is -2.00. The molecular weight excluding hydrogens is 250 g/mol. The molecule has 0 bridgehead atoms. The Labute approximate surface area is 116 Å². The maximum absolute atomic E-state index is 11.3. The topological polar surface area (TPSA) is 50.2 Å². The Morgan fingerprint density at radius 3 is 2.60 bits per heavy atom. The van der Waals surface area contributed by atoms with E-state index >= 15 is 0 Å². The van der Waals surface area contributed by atoms with Gasteiger partial charge in [-0.2, -0.15) is 0 Å². The molecule has 1 N–H and O–H groups in total. The summed E-state index contributed by atoms with van der Waals surface area (Å²) in [5, 5.41) is 11.4. The summed E-state index contributed by atoms with van der Waals surface area (Å²) in [6, 6.07) is 13.3. The molecule has 0 aliphatic heterocycles. The molecule has 0 fully saturated rings. The molecule has 3 nitrogen and oxygen atoms in total. The summed E-state index contributed by atoms with van der Waals surface area (Å²) in [5.74, 6) is -0.897. The van der Waals surface area contributed by atoms with E-state index in [1.165, 1.54) is 0 Å². The van der Waals surface area contributed by atoms with E-state index in [1.807, 2.05) is 43.5 Å². The van der Waals surface area contributed by atoms with Gasteiger partial charge in [-0.25, -0.2) is 4.79 Å². The maximum atomic E-state index is 11.3. The van der Waals surface area contributed by atoms with Gasteiger partial charge in [0.2, 0.25) is 0 Å². The van der Waals surface area contributed by atoms with Crippen molar-refractivity contribution in [1.29, 1.82) is 0 Å². The number of hydrogen-bond acceptors (Lipinski definition) is 2. The van der Waals surface area contributed by atoms with Crippen LogP contribution in [-0.4, -0.2) is 16.1 Å². The first-order chi connectivity index (χ1) is 9.68. The minimum Gasteiger partial charge on any atom is -0.478 e. The quantitative estimate of drug-likeness (QED) is 0.762. The molecule has 0 radical (unpaired) electrons. The van der Waals surface area contributed by atoms with Crippen molar-refractivity contribution < 1.29 is 9.90 Å². The third-order valence-corrected chi connectivity index (χ3v) is 3.54. The highest BCUT2D eigenvalue weighted by Crippen LogP contribution is 2.31. The molecular formula is C17H13NO2. The van der Waals surface area contributed by atoms with Crippen molar-refractivity contribution >= 4 is 16.7 Å². The van der Waals surface area contributed by atoms with Gasteiger partial charge in [0, 0.05) is 17.8 Å². The first-order valence-corrected chi connectivity index (χ1v) is 6.34. The van der Waals surface area contributed by atoms with Gasteiger partial charge in [-0.05, 0) is 41.1 Å². The Hall–Kier alpha value is -2.68. The van der Waals surface area contributed by atoms with Crippen LogP contribution in [0.25, 0.3) is 21.9 Å². The number of aromatic nitrogens is 1. The van der Waals surface area contributed by atoms with Gasteiger partial charge >= 0.3 is 5.97 Å². The van der Waals surface area contributed by atoms with Crippen LogP contribution in [0.15, 0.2) is 54.9 Å². The Balaban J connectivity index is 2.32. The molecule has 3 rings (SSSR count). The molecule has 0 spiro atoms. The van der Waals surface area contributed by atoms with E-state index < -0.39 is 5.97 Å². The van der Waals surface area contributed by atoms with Gasteiger partial charge in [-0.3, -0.25) is 4.98 Å². The molecule has 3 aromatic rings. The molecule has 98 valence electrons. The fraction of sp³-hybridized carbons (Fsp3) is 0.0588. The number of rotatable bonds is 2. The standard InChI is InChI=1S/C17H13NO2/c1-11-13(5-3-6-14(11)17(19)20)16-7-2-4-12-10-18-9-8-15(12)16/h2-10H,1H3,(H,19,20). The Morgan fingerprint density at radius 1 is 1.05 bits per heavy atom. The van der Waals surface area contributed by atoms with Crippen molar-refractivity contribution in [2.75, 3.05) is 0 Å². The van der Waals surface area contributed by atoms with Crippen molar-refractivity contribution in [1.82, 2.24) is 4.98 Å². The fourth-order valence-electron chi connectivity index (χ4n) is 2.52. The Morgan fingerprint density at radius 2 is 1.80 bits per heavy atom. The zero-order valence-corrected chi connectivity index (χ0v) is 11.0. The van der Waals surface area contributed by atoms with Crippen LogP contribution in [0.5, 0.6) is 0 Å². The van der Waals surface area contributed by atoms with Crippen LogP contribution in [0.4, 0.5) is 0 Å².